The molecule has 0 aliphatic carbocycles. The summed E-state index contributed by atoms with van der Waals surface area (Å²) in [5, 5.41) is 1.18. The van der Waals surface area contributed by atoms with Gasteiger partial charge in [-0.25, -0.2) is 0 Å². The summed E-state index contributed by atoms with van der Waals surface area (Å²) in [4.78, 5) is 4.55. The van der Waals surface area contributed by atoms with Gasteiger partial charge >= 0.3 is 0 Å². The number of nitrogens with two attached hydrogens (primary N) is 1. The van der Waals surface area contributed by atoms with Crippen LogP contribution in [0, 0.1) is 0 Å². The number of benzene rings is 2. The van der Waals surface area contributed by atoms with E-state index in [9.17, 15) is 0 Å². The zero-order chi connectivity index (χ0) is 14.7. The zero-order valence-electron chi connectivity index (χ0n) is 12.3. The lowest BCUT2D eigenvalue weighted by molar-refractivity contribution is 0.690. The Hall–Kier alpha value is -2.19. The van der Waals surface area contributed by atoms with Gasteiger partial charge < -0.3 is 5.73 Å². The van der Waals surface area contributed by atoms with Crippen LogP contribution in [0.1, 0.15) is 24.8 Å². The molecule has 0 spiro atoms. The van der Waals surface area contributed by atoms with Gasteiger partial charge in [-0.1, -0.05) is 55.5 Å². The van der Waals surface area contributed by atoms with E-state index in [1.807, 2.05) is 12.3 Å². The monoisotopic (exact) mass is 276 g/mol. The predicted molar refractivity (Wildman–Crippen MR) is 89.3 cm³/mol. The number of para-hydroxylation sites is 1. The Balaban J connectivity index is 2.09. The summed E-state index contributed by atoms with van der Waals surface area (Å²) in [5.74, 6) is 0.484. The van der Waals surface area contributed by atoms with Crippen LogP contribution >= 0.6 is 0 Å². The van der Waals surface area contributed by atoms with Crippen LogP contribution in [0.2, 0.25) is 0 Å². The maximum Gasteiger partial charge on any atom is 0.0780 e. The summed E-state index contributed by atoms with van der Waals surface area (Å²) in [6.07, 6.45) is 2.87. The zero-order valence-corrected chi connectivity index (χ0v) is 12.3. The fraction of sp³-hybridized carbons (Fsp3) is 0.211. The minimum atomic E-state index is 0.484. The van der Waals surface area contributed by atoms with Gasteiger partial charge in [0.15, 0.2) is 0 Å². The molecule has 0 radical (unpaired) electrons. The summed E-state index contributed by atoms with van der Waals surface area (Å²) < 4.78 is 0. The molecule has 1 unspecified atom stereocenters. The summed E-state index contributed by atoms with van der Waals surface area (Å²) in [7, 11) is 0. The Labute approximate surface area is 125 Å². The maximum absolute atomic E-state index is 5.68. The third kappa shape index (κ3) is 2.81. The first-order valence-corrected chi connectivity index (χ1v) is 7.44. The van der Waals surface area contributed by atoms with Crippen LogP contribution < -0.4 is 5.73 Å². The minimum Gasteiger partial charge on any atom is -0.330 e. The van der Waals surface area contributed by atoms with Gasteiger partial charge in [-0.05, 0) is 36.1 Å². The maximum atomic E-state index is 5.68. The van der Waals surface area contributed by atoms with Gasteiger partial charge in [0.2, 0.25) is 0 Å². The van der Waals surface area contributed by atoms with E-state index in [1.165, 1.54) is 22.1 Å². The predicted octanol–water partition coefficient (Wildman–Crippen LogP) is 4.35. The van der Waals surface area contributed by atoms with Gasteiger partial charge in [-0.15, -0.1) is 0 Å². The lowest BCUT2D eigenvalue weighted by Crippen LogP contribution is -2.04. The van der Waals surface area contributed by atoms with E-state index >= 15 is 0 Å². The molecule has 3 aromatic rings. The SMILES string of the molecule is CC(CCN)c1cccc(-c2cccc3cccnc23)c1. The molecule has 0 saturated heterocycles. The number of fused-ring (bicyclic) bond motifs is 1. The van der Waals surface area contributed by atoms with Crippen LogP contribution in [0.4, 0.5) is 0 Å². The van der Waals surface area contributed by atoms with Crippen LogP contribution in [0.25, 0.3) is 22.0 Å². The molecule has 0 aliphatic heterocycles. The number of rotatable bonds is 4. The molecule has 2 aromatic carbocycles. The second-order valence-corrected chi connectivity index (χ2v) is 5.48. The van der Waals surface area contributed by atoms with E-state index in [0.717, 1.165) is 18.5 Å². The molecule has 1 atom stereocenters. The van der Waals surface area contributed by atoms with Crippen molar-refractivity contribution >= 4 is 10.9 Å². The fourth-order valence-electron chi connectivity index (χ4n) is 2.77. The normalized spacial score (nSPS) is 12.5. The summed E-state index contributed by atoms with van der Waals surface area (Å²) in [6, 6.07) is 19.1. The van der Waals surface area contributed by atoms with E-state index in [4.69, 9.17) is 5.73 Å². The van der Waals surface area contributed by atoms with E-state index in [2.05, 4.69) is 60.4 Å². The highest BCUT2D eigenvalue weighted by Crippen LogP contribution is 2.29. The van der Waals surface area contributed by atoms with Crippen LogP contribution in [0.5, 0.6) is 0 Å². The molecule has 106 valence electrons. The van der Waals surface area contributed by atoms with Crippen molar-refractivity contribution in [2.45, 2.75) is 19.3 Å². The van der Waals surface area contributed by atoms with Crippen molar-refractivity contribution in [2.24, 2.45) is 5.73 Å². The number of hydrogen-bond donors (Lipinski definition) is 1. The molecule has 0 saturated carbocycles. The molecule has 2 heteroatoms. The van der Waals surface area contributed by atoms with Gasteiger partial charge in [0, 0.05) is 17.1 Å². The topological polar surface area (TPSA) is 38.9 Å². The highest BCUT2D eigenvalue weighted by atomic mass is 14.6. The second kappa shape index (κ2) is 6.06. The quantitative estimate of drug-likeness (QED) is 0.769. The summed E-state index contributed by atoms with van der Waals surface area (Å²) >= 11 is 0. The first-order valence-electron chi connectivity index (χ1n) is 7.44. The average Bonchev–Trinajstić information content (AvgIpc) is 2.55. The van der Waals surface area contributed by atoms with Crippen molar-refractivity contribution in [3.05, 3.63) is 66.4 Å². The minimum absolute atomic E-state index is 0.484. The average molecular weight is 276 g/mol. The fourth-order valence-corrected chi connectivity index (χ4v) is 2.77. The molecule has 1 heterocycles. The molecule has 2 N–H and O–H groups in total. The Morgan fingerprint density at radius 2 is 1.86 bits per heavy atom. The van der Waals surface area contributed by atoms with Gasteiger partial charge in [0.25, 0.3) is 0 Å². The van der Waals surface area contributed by atoms with Crippen LogP contribution in [0.15, 0.2) is 60.8 Å². The van der Waals surface area contributed by atoms with E-state index in [0.29, 0.717) is 5.92 Å². The lowest BCUT2D eigenvalue weighted by Gasteiger charge is -2.13. The molecule has 0 bridgehead atoms. The molecule has 0 aliphatic rings. The Morgan fingerprint density at radius 1 is 1.05 bits per heavy atom. The first kappa shape index (κ1) is 13.8. The third-order valence-corrected chi connectivity index (χ3v) is 4.00. The molecular weight excluding hydrogens is 256 g/mol. The van der Waals surface area contributed by atoms with Gasteiger partial charge in [-0.2, -0.15) is 0 Å². The lowest BCUT2D eigenvalue weighted by atomic mass is 9.93. The molecule has 0 amide bonds. The van der Waals surface area contributed by atoms with Gasteiger partial charge in [0.05, 0.1) is 5.52 Å². The smallest absolute Gasteiger partial charge is 0.0780 e. The van der Waals surface area contributed by atoms with Crippen molar-refractivity contribution in [3.63, 3.8) is 0 Å². The van der Waals surface area contributed by atoms with Gasteiger partial charge in [0.1, 0.15) is 0 Å². The largest absolute Gasteiger partial charge is 0.330 e. The Kier molecular flexibility index (Phi) is 3.98. The third-order valence-electron chi connectivity index (χ3n) is 4.00. The number of aromatic nitrogens is 1. The molecule has 1 aromatic heterocycles. The van der Waals surface area contributed by atoms with E-state index in [-0.39, 0.29) is 0 Å². The summed E-state index contributed by atoms with van der Waals surface area (Å²) in [6.45, 7) is 2.95. The molecule has 21 heavy (non-hydrogen) atoms. The van der Waals surface area contributed by atoms with Crippen molar-refractivity contribution in [1.29, 1.82) is 0 Å². The van der Waals surface area contributed by atoms with Gasteiger partial charge in [-0.3, -0.25) is 4.98 Å². The molecular formula is C19H20N2. The van der Waals surface area contributed by atoms with Crippen LogP contribution in [0.3, 0.4) is 0 Å². The Bertz CT molecular complexity index is 744. The highest BCUT2D eigenvalue weighted by Gasteiger charge is 2.08. The highest BCUT2D eigenvalue weighted by molar-refractivity contribution is 5.93. The van der Waals surface area contributed by atoms with Crippen molar-refractivity contribution in [3.8, 4) is 11.1 Å². The standard InChI is InChI=1S/C19H20N2/c1-14(10-11-20)16-6-2-7-17(13-16)18-9-3-5-15-8-4-12-21-19(15)18/h2-9,12-14H,10-11,20H2,1H3. The van der Waals surface area contributed by atoms with Crippen molar-refractivity contribution in [1.82, 2.24) is 4.98 Å². The second-order valence-electron chi connectivity index (χ2n) is 5.48. The van der Waals surface area contributed by atoms with Crippen molar-refractivity contribution < 1.29 is 0 Å². The number of pyridine rings is 1. The van der Waals surface area contributed by atoms with Crippen molar-refractivity contribution in [2.75, 3.05) is 6.54 Å². The summed E-state index contributed by atoms with van der Waals surface area (Å²) in [5.41, 5.74) is 10.5. The van der Waals surface area contributed by atoms with E-state index < -0.39 is 0 Å². The van der Waals surface area contributed by atoms with Crippen LogP contribution in [-0.2, 0) is 0 Å². The molecule has 3 rings (SSSR count). The molecule has 2 nitrogen and oxygen atoms in total. The Morgan fingerprint density at radius 3 is 2.71 bits per heavy atom. The molecule has 0 fully saturated rings. The van der Waals surface area contributed by atoms with Crippen LogP contribution in [-0.4, -0.2) is 11.5 Å². The van der Waals surface area contributed by atoms with E-state index in [1.54, 1.807) is 0 Å². The first-order chi connectivity index (χ1) is 10.3. The number of nitrogens with zero attached hydrogens (tertiary/aromatic N) is 1. The number of hydrogen-bond acceptors (Lipinski definition) is 2.